The maximum absolute atomic E-state index is 5.63. The van der Waals surface area contributed by atoms with Gasteiger partial charge in [-0.3, -0.25) is 0 Å². The molecule has 1 unspecified atom stereocenters. The molecule has 0 aliphatic heterocycles. The van der Waals surface area contributed by atoms with Crippen LogP contribution in [0.2, 0.25) is 0 Å². The van der Waals surface area contributed by atoms with Crippen LogP contribution in [0, 0.1) is 6.92 Å². The standard InChI is InChI=1S/C15H22N4O/c1-5-13-18-14(16-6-2)9-15(19-13)17-11(4)12-8-7-10(3)20-12/h7-9,11H,5-6H2,1-4H3,(H2,16,17,18,19). The van der Waals surface area contributed by atoms with Crippen LogP contribution < -0.4 is 10.6 Å². The minimum Gasteiger partial charge on any atom is -0.464 e. The Morgan fingerprint density at radius 2 is 1.95 bits per heavy atom. The van der Waals surface area contributed by atoms with E-state index in [0.29, 0.717) is 0 Å². The van der Waals surface area contributed by atoms with Gasteiger partial charge in [-0.2, -0.15) is 0 Å². The van der Waals surface area contributed by atoms with Crippen molar-refractivity contribution in [2.45, 2.75) is 40.2 Å². The Morgan fingerprint density at radius 1 is 1.20 bits per heavy atom. The second-order valence-electron chi connectivity index (χ2n) is 4.75. The number of nitrogens with one attached hydrogen (secondary N) is 2. The fourth-order valence-corrected chi connectivity index (χ4v) is 1.98. The maximum atomic E-state index is 5.63. The number of aromatic nitrogens is 2. The van der Waals surface area contributed by atoms with Gasteiger partial charge in [0.2, 0.25) is 0 Å². The molecule has 0 fully saturated rings. The van der Waals surface area contributed by atoms with Crippen LogP contribution in [-0.2, 0) is 6.42 Å². The summed E-state index contributed by atoms with van der Waals surface area (Å²) in [6.45, 7) is 8.94. The van der Waals surface area contributed by atoms with E-state index in [1.54, 1.807) is 0 Å². The summed E-state index contributed by atoms with van der Waals surface area (Å²) in [5.41, 5.74) is 0. The van der Waals surface area contributed by atoms with E-state index in [1.807, 2.05) is 32.0 Å². The summed E-state index contributed by atoms with van der Waals surface area (Å²) >= 11 is 0. The van der Waals surface area contributed by atoms with Crippen molar-refractivity contribution in [2.75, 3.05) is 17.2 Å². The molecule has 1 atom stereocenters. The Balaban J connectivity index is 2.17. The lowest BCUT2D eigenvalue weighted by Crippen LogP contribution is -2.10. The predicted octanol–water partition coefficient (Wildman–Crippen LogP) is 3.55. The van der Waals surface area contributed by atoms with Crippen molar-refractivity contribution in [1.82, 2.24) is 9.97 Å². The first-order chi connectivity index (χ1) is 9.62. The lowest BCUT2D eigenvalue weighted by Gasteiger charge is -2.14. The van der Waals surface area contributed by atoms with E-state index in [-0.39, 0.29) is 6.04 Å². The fourth-order valence-electron chi connectivity index (χ4n) is 1.98. The molecule has 0 radical (unpaired) electrons. The molecule has 2 N–H and O–H groups in total. The number of furan rings is 1. The Bertz CT molecular complexity index is 565. The second-order valence-corrected chi connectivity index (χ2v) is 4.75. The molecule has 0 aliphatic rings. The third kappa shape index (κ3) is 3.50. The second kappa shape index (κ2) is 6.41. The zero-order chi connectivity index (χ0) is 14.5. The van der Waals surface area contributed by atoms with Crippen LogP contribution >= 0.6 is 0 Å². The first-order valence-corrected chi connectivity index (χ1v) is 7.07. The molecule has 5 heteroatoms. The molecular weight excluding hydrogens is 252 g/mol. The van der Waals surface area contributed by atoms with Crippen LogP contribution in [0.3, 0.4) is 0 Å². The van der Waals surface area contributed by atoms with E-state index >= 15 is 0 Å². The third-order valence-electron chi connectivity index (χ3n) is 3.00. The molecule has 0 aromatic carbocycles. The van der Waals surface area contributed by atoms with E-state index in [9.17, 15) is 0 Å². The highest BCUT2D eigenvalue weighted by Crippen LogP contribution is 2.21. The molecule has 5 nitrogen and oxygen atoms in total. The van der Waals surface area contributed by atoms with E-state index in [0.717, 1.165) is 41.9 Å². The summed E-state index contributed by atoms with van der Waals surface area (Å²) in [6.07, 6.45) is 0.808. The molecule has 0 bridgehead atoms. The zero-order valence-electron chi connectivity index (χ0n) is 12.5. The highest BCUT2D eigenvalue weighted by molar-refractivity contribution is 5.48. The van der Waals surface area contributed by atoms with E-state index in [1.165, 1.54) is 0 Å². The Hall–Kier alpha value is -2.04. The van der Waals surface area contributed by atoms with Crippen molar-refractivity contribution in [1.29, 1.82) is 0 Å². The minimum absolute atomic E-state index is 0.0674. The molecule has 0 saturated heterocycles. The SMILES string of the molecule is CCNc1cc(NC(C)c2ccc(C)o2)nc(CC)n1. The minimum atomic E-state index is 0.0674. The van der Waals surface area contributed by atoms with Crippen LogP contribution in [0.1, 0.15) is 44.2 Å². The summed E-state index contributed by atoms with van der Waals surface area (Å²) in [5, 5.41) is 6.59. The first kappa shape index (κ1) is 14.4. The molecule has 2 heterocycles. The molecule has 0 aliphatic carbocycles. The van der Waals surface area contributed by atoms with Gasteiger partial charge in [0.15, 0.2) is 0 Å². The van der Waals surface area contributed by atoms with Crippen LogP contribution in [0.5, 0.6) is 0 Å². The van der Waals surface area contributed by atoms with Crippen LogP contribution in [0.4, 0.5) is 11.6 Å². The largest absolute Gasteiger partial charge is 0.464 e. The molecule has 20 heavy (non-hydrogen) atoms. The average Bonchev–Trinajstić information content (AvgIpc) is 2.85. The smallest absolute Gasteiger partial charge is 0.132 e. The van der Waals surface area contributed by atoms with Gasteiger partial charge in [0.1, 0.15) is 29.0 Å². The number of rotatable bonds is 6. The summed E-state index contributed by atoms with van der Waals surface area (Å²) < 4.78 is 5.63. The van der Waals surface area contributed by atoms with E-state index in [4.69, 9.17) is 4.42 Å². The molecular formula is C15H22N4O. The van der Waals surface area contributed by atoms with Gasteiger partial charge in [-0.05, 0) is 32.9 Å². The molecule has 108 valence electrons. The van der Waals surface area contributed by atoms with Gasteiger partial charge in [-0.15, -0.1) is 0 Å². The van der Waals surface area contributed by atoms with Crippen molar-refractivity contribution in [3.8, 4) is 0 Å². The number of aryl methyl sites for hydroxylation is 2. The lowest BCUT2D eigenvalue weighted by molar-refractivity contribution is 0.466. The Kier molecular flexibility index (Phi) is 4.61. The quantitative estimate of drug-likeness (QED) is 0.843. The number of anilines is 2. The number of nitrogens with zero attached hydrogens (tertiary/aromatic N) is 2. The summed E-state index contributed by atoms with van der Waals surface area (Å²) in [7, 11) is 0. The highest BCUT2D eigenvalue weighted by Gasteiger charge is 2.11. The van der Waals surface area contributed by atoms with Crippen LogP contribution in [0.15, 0.2) is 22.6 Å². The Labute approximate surface area is 119 Å². The average molecular weight is 274 g/mol. The first-order valence-electron chi connectivity index (χ1n) is 7.07. The van der Waals surface area contributed by atoms with Crippen molar-refractivity contribution >= 4 is 11.6 Å². The van der Waals surface area contributed by atoms with Crippen LogP contribution in [-0.4, -0.2) is 16.5 Å². The van der Waals surface area contributed by atoms with E-state index in [2.05, 4.69) is 34.4 Å². The molecule has 2 aromatic rings. The van der Waals surface area contributed by atoms with Gasteiger partial charge in [-0.1, -0.05) is 6.92 Å². The van der Waals surface area contributed by atoms with Gasteiger partial charge in [-0.25, -0.2) is 9.97 Å². The molecule has 0 amide bonds. The Morgan fingerprint density at radius 3 is 2.55 bits per heavy atom. The van der Waals surface area contributed by atoms with Gasteiger partial charge in [0.25, 0.3) is 0 Å². The van der Waals surface area contributed by atoms with Gasteiger partial charge >= 0.3 is 0 Å². The molecule has 0 spiro atoms. The number of hydrogen-bond acceptors (Lipinski definition) is 5. The maximum Gasteiger partial charge on any atom is 0.132 e. The summed E-state index contributed by atoms with van der Waals surface area (Å²) in [5.74, 6) is 4.32. The van der Waals surface area contributed by atoms with Crippen molar-refractivity contribution in [2.24, 2.45) is 0 Å². The van der Waals surface area contributed by atoms with Crippen molar-refractivity contribution in [3.63, 3.8) is 0 Å². The van der Waals surface area contributed by atoms with Gasteiger partial charge < -0.3 is 15.1 Å². The fraction of sp³-hybridized carbons (Fsp3) is 0.467. The molecule has 2 rings (SSSR count). The summed E-state index contributed by atoms with van der Waals surface area (Å²) in [6, 6.07) is 5.95. The van der Waals surface area contributed by atoms with Crippen molar-refractivity contribution < 1.29 is 4.42 Å². The normalized spacial score (nSPS) is 12.2. The van der Waals surface area contributed by atoms with Gasteiger partial charge in [0.05, 0.1) is 6.04 Å². The summed E-state index contributed by atoms with van der Waals surface area (Å²) in [4.78, 5) is 8.94. The van der Waals surface area contributed by atoms with Crippen molar-refractivity contribution in [3.05, 3.63) is 35.5 Å². The predicted molar refractivity (Wildman–Crippen MR) is 81.1 cm³/mol. The topological polar surface area (TPSA) is 63.0 Å². The third-order valence-corrected chi connectivity index (χ3v) is 3.00. The lowest BCUT2D eigenvalue weighted by atomic mass is 10.2. The van der Waals surface area contributed by atoms with Crippen LogP contribution in [0.25, 0.3) is 0 Å². The highest BCUT2D eigenvalue weighted by atomic mass is 16.3. The van der Waals surface area contributed by atoms with Gasteiger partial charge in [0, 0.05) is 19.0 Å². The molecule has 0 saturated carbocycles. The number of hydrogen-bond donors (Lipinski definition) is 2. The monoisotopic (exact) mass is 274 g/mol. The molecule has 2 aromatic heterocycles. The van der Waals surface area contributed by atoms with E-state index < -0.39 is 0 Å². The zero-order valence-corrected chi connectivity index (χ0v) is 12.5.